The Morgan fingerprint density at radius 3 is 1.70 bits per heavy atom. The highest BCUT2D eigenvalue weighted by atomic mass is 31.2. The maximum absolute atomic E-state index is 10.1. The summed E-state index contributed by atoms with van der Waals surface area (Å²) in [7, 11) is -4.21. The third-order valence-electron chi connectivity index (χ3n) is 2.26. The fraction of sp³-hybridized carbons (Fsp3) is 1.00. The smallest absolute Gasteiger partial charge is 0.395 e. The summed E-state index contributed by atoms with van der Waals surface area (Å²) in [6.45, 7) is 3.92. The SMILES string of the molecule is CCCCCOP(=O)(O)O.OCCN(CCO)CCO. The summed E-state index contributed by atoms with van der Waals surface area (Å²) < 4.78 is 14.3. The van der Waals surface area contributed by atoms with Crippen molar-refractivity contribution >= 4 is 7.82 Å². The van der Waals surface area contributed by atoms with Crippen LogP contribution in [0.15, 0.2) is 0 Å². The Kier molecular flexibility index (Phi) is 17.1. The lowest BCUT2D eigenvalue weighted by Crippen LogP contribution is -2.32. The van der Waals surface area contributed by atoms with Gasteiger partial charge in [-0.25, -0.2) is 4.57 Å². The molecule has 5 N–H and O–H groups in total. The summed E-state index contributed by atoms with van der Waals surface area (Å²) in [5, 5.41) is 25.5. The topological polar surface area (TPSA) is 131 Å². The molecule has 0 rings (SSSR count). The zero-order chi connectivity index (χ0) is 15.9. The van der Waals surface area contributed by atoms with Crippen molar-refractivity contribution in [2.45, 2.75) is 26.2 Å². The second-order valence-corrected chi connectivity index (χ2v) is 5.28. The van der Waals surface area contributed by atoms with Crippen molar-refractivity contribution in [3.63, 3.8) is 0 Å². The van der Waals surface area contributed by atoms with E-state index in [2.05, 4.69) is 4.52 Å². The summed E-state index contributed by atoms with van der Waals surface area (Å²) in [5.74, 6) is 0. The van der Waals surface area contributed by atoms with Crippen LogP contribution in [0.3, 0.4) is 0 Å². The first-order chi connectivity index (χ1) is 9.41. The second-order valence-electron chi connectivity index (χ2n) is 4.04. The highest BCUT2D eigenvalue weighted by molar-refractivity contribution is 7.46. The van der Waals surface area contributed by atoms with Gasteiger partial charge in [0.15, 0.2) is 0 Å². The van der Waals surface area contributed by atoms with Crippen LogP contribution in [-0.2, 0) is 9.09 Å². The van der Waals surface area contributed by atoms with Gasteiger partial charge in [-0.2, -0.15) is 0 Å². The van der Waals surface area contributed by atoms with Crippen LogP contribution in [0, 0.1) is 0 Å². The van der Waals surface area contributed by atoms with Crippen molar-refractivity contribution in [1.29, 1.82) is 0 Å². The molecule has 0 spiro atoms. The highest BCUT2D eigenvalue weighted by Gasteiger charge is 2.11. The first-order valence-corrected chi connectivity index (χ1v) is 8.19. The van der Waals surface area contributed by atoms with Crippen molar-refractivity contribution in [1.82, 2.24) is 4.90 Å². The lowest BCUT2D eigenvalue weighted by Gasteiger charge is -2.17. The summed E-state index contributed by atoms with van der Waals surface area (Å²) in [6, 6.07) is 0. The Morgan fingerprint density at radius 2 is 1.40 bits per heavy atom. The summed E-state index contributed by atoms with van der Waals surface area (Å²) in [4.78, 5) is 18.2. The average molecular weight is 317 g/mol. The molecule has 0 amide bonds. The van der Waals surface area contributed by atoms with E-state index < -0.39 is 7.82 Å². The van der Waals surface area contributed by atoms with Crippen molar-refractivity contribution in [3.8, 4) is 0 Å². The normalized spacial score (nSPS) is 11.3. The van der Waals surface area contributed by atoms with Gasteiger partial charge in [0.25, 0.3) is 0 Å². The molecule has 8 nitrogen and oxygen atoms in total. The van der Waals surface area contributed by atoms with Crippen LogP contribution in [-0.4, -0.2) is 76.1 Å². The first kappa shape index (κ1) is 22.2. The number of hydrogen-bond donors (Lipinski definition) is 5. The molecule has 0 saturated carbocycles. The molecular weight excluding hydrogens is 289 g/mol. The predicted octanol–water partition coefficient (Wildman–Crippen LogP) is -0.449. The van der Waals surface area contributed by atoms with E-state index >= 15 is 0 Å². The van der Waals surface area contributed by atoms with E-state index in [9.17, 15) is 4.57 Å². The van der Waals surface area contributed by atoms with Crippen LogP contribution in [0.1, 0.15) is 26.2 Å². The van der Waals surface area contributed by atoms with Crippen LogP contribution in [0.25, 0.3) is 0 Å². The third kappa shape index (κ3) is 20.3. The molecule has 0 aromatic carbocycles. The second kappa shape index (κ2) is 15.3. The van der Waals surface area contributed by atoms with Crippen LogP contribution < -0.4 is 0 Å². The van der Waals surface area contributed by atoms with Crippen molar-refractivity contribution in [2.75, 3.05) is 46.1 Å². The van der Waals surface area contributed by atoms with Gasteiger partial charge >= 0.3 is 7.82 Å². The number of unbranched alkanes of at least 4 members (excludes halogenated alkanes) is 2. The van der Waals surface area contributed by atoms with E-state index in [1.54, 1.807) is 4.90 Å². The lowest BCUT2D eigenvalue weighted by molar-refractivity contribution is 0.136. The zero-order valence-electron chi connectivity index (χ0n) is 12.0. The van der Waals surface area contributed by atoms with Crippen molar-refractivity contribution < 1.29 is 34.2 Å². The predicted molar refractivity (Wildman–Crippen MR) is 75.2 cm³/mol. The molecule has 0 radical (unpaired) electrons. The number of nitrogens with zero attached hydrogens (tertiary/aromatic N) is 1. The van der Waals surface area contributed by atoms with E-state index in [4.69, 9.17) is 25.1 Å². The van der Waals surface area contributed by atoms with Crippen LogP contribution in [0.5, 0.6) is 0 Å². The van der Waals surface area contributed by atoms with E-state index in [1.165, 1.54) is 0 Å². The molecule has 0 aromatic rings. The molecule has 20 heavy (non-hydrogen) atoms. The molecule has 0 aliphatic rings. The van der Waals surface area contributed by atoms with Gasteiger partial charge in [-0.3, -0.25) is 9.42 Å². The van der Waals surface area contributed by atoms with Gasteiger partial charge in [-0.1, -0.05) is 19.8 Å². The molecule has 0 heterocycles. The summed E-state index contributed by atoms with van der Waals surface area (Å²) in [5.41, 5.74) is 0. The standard InChI is InChI=1S/C6H15NO3.C5H13O4P/c8-4-1-7(2-5-9)3-6-10;1-2-3-4-5-9-10(6,7)8/h8-10H,1-6H2;2-5H2,1H3,(H2,6,7,8). The van der Waals surface area contributed by atoms with E-state index in [0.29, 0.717) is 26.1 Å². The summed E-state index contributed by atoms with van der Waals surface area (Å²) >= 11 is 0. The van der Waals surface area contributed by atoms with Gasteiger partial charge in [-0.05, 0) is 6.42 Å². The molecule has 0 aliphatic heterocycles. The number of phosphoric acid groups is 1. The minimum absolute atomic E-state index is 0.0694. The van der Waals surface area contributed by atoms with Gasteiger partial charge in [0, 0.05) is 19.6 Å². The fourth-order valence-corrected chi connectivity index (χ4v) is 1.66. The molecular formula is C11H28NO7P. The number of rotatable bonds is 11. The lowest BCUT2D eigenvalue weighted by atomic mass is 10.3. The molecule has 9 heteroatoms. The Bertz CT molecular complexity index is 223. The maximum Gasteiger partial charge on any atom is 0.469 e. The molecule has 0 unspecified atom stereocenters. The molecule has 0 saturated heterocycles. The first-order valence-electron chi connectivity index (χ1n) is 6.66. The number of aliphatic hydroxyl groups excluding tert-OH is 3. The van der Waals surface area contributed by atoms with Gasteiger partial charge < -0.3 is 25.1 Å². The van der Waals surface area contributed by atoms with Crippen molar-refractivity contribution in [3.05, 3.63) is 0 Å². The van der Waals surface area contributed by atoms with E-state index in [1.807, 2.05) is 6.92 Å². The molecule has 0 bridgehead atoms. The Morgan fingerprint density at radius 1 is 0.950 bits per heavy atom. The average Bonchev–Trinajstić information content (AvgIpc) is 2.35. The van der Waals surface area contributed by atoms with E-state index in [-0.39, 0.29) is 26.4 Å². The molecule has 0 fully saturated rings. The highest BCUT2D eigenvalue weighted by Crippen LogP contribution is 2.35. The quantitative estimate of drug-likeness (QED) is 0.256. The minimum Gasteiger partial charge on any atom is -0.395 e. The Balaban J connectivity index is 0. The number of hydrogen-bond acceptors (Lipinski definition) is 6. The van der Waals surface area contributed by atoms with Gasteiger partial charge in [0.1, 0.15) is 0 Å². The maximum atomic E-state index is 10.1. The van der Waals surface area contributed by atoms with Crippen LogP contribution in [0.4, 0.5) is 0 Å². The number of phosphoric ester groups is 1. The molecule has 0 aliphatic carbocycles. The molecule has 0 atom stereocenters. The fourth-order valence-electron chi connectivity index (χ4n) is 1.30. The van der Waals surface area contributed by atoms with Gasteiger partial charge in [0.05, 0.1) is 26.4 Å². The largest absolute Gasteiger partial charge is 0.469 e. The summed E-state index contributed by atoms with van der Waals surface area (Å²) in [6.07, 6.45) is 2.67. The molecule has 124 valence electrons. The third-order valence-corrected chi connectivity index (χ3v) is 2.77. The van der Waals surface area contributed by atoms with Crippen LogP contribution in [0.2, 0.25) is 0 Å². The Labute approximate surface area is 120 Å². The number of aliphatic hydroxyl groups is 3. The van der Waals surface area contributed by atoms with Gasteiger partial charge in [0.2, 0.25) is 0 Å². The Hall–Kier alpha value is -0.0500. The van der Waals surface area contributed by atoms with E-state index in [0.717, 1.165) is 12.8 Å². The minimum atomic E-state index is -4.21. The van der Waals surface area contributed by atoms with Crippen LogP contribution >= 0.6 is 7.82 Å². The van der Waals surface area contributed by atoms with Crippen molar-refractivity contribution in [2.24, 2.45) is 0 Å². The molecule has 0 aromatic heterocycles. The zero-order valence-corrected chi connectivity index (χ0v) is 12.9. The monoisotopic (exact) mass is 317 g/mol. The van der Waals surface area contributed by atoms with Gasteiger partial charge in [-0.15, -0.1) is 0 Å².